The smallest absolute Gasteiger partial charge is 0.119 e. The van der Waals surface area contributed by atoms with Crippen LogP contribution in [0, 0.1) is 11.8 Å². The number of hydrogen-bond donors (Lipinski definition) is 1. The van der Waals surface area contributed by atoms with Crippen molar-refractivity contribution in [3.8, 4) is 5.75 Å². The zero-order valence-electron chi connectivity index (χ0n) is 13.1. The van der Waals surface area contributed by atoms with Gasteiger partial charge in [0.1, 0.15) is 5.75 Å². The van der Waals surface area contributed by atoms with Gasteiger partial charge in [-0.1, -0.05) is 32.4 Å². The number of benzene rings is 1. The Morgan fingerprint density at radius 3 is 2.50 bits per heavy atom. The number of rotatable bonds is 4. The van der Waals surface area contributed by atoms with Gasteiger partial charge in [-0.3, -0.25) is 0 Å². The van der Waals surface area contributed by atoms with Crippen molar-refractivity contribution in [3.63, 3.8) is 0 Å². The van der Waals surface area contributed by atoms with Crippen molar-refractivity contribution >= 4 is 0 Å². The molecule has 0 heterocycles. The van der Waals surface area contributed by atoms with E-state index < -0.39 is 5.60 Å². The van der Waals surface area contributed by atoms with E-state index in [4.69, 9.17) is 4.74 Å². The fourth-order valence-electron chi connectivity index (χ4n) is 3.33. The average Bonchev–Trinajstić information content (AvgIpc) is 2.63. The van der Waals surface area contributed by atoms with Crippen LogP contribution >= 0.6 is 0 Å². The van der Waals surface area contributed by atoms with Crippen molar-refractivity contribution in [2.24, 2.45) is 11.8 Å². The van der Waals surface area contributed by atoms with E-state index in [1.165, 1.54) is 6.42 Å². The molecule has 1 N–H and O–H groups in total. The van der Waals surface area contributed by atoms with Gasteiger partial charge in [-0.2, -0.15) is 0 Å². The molecule has 0 radical (unpaired) electrons. The highest BCUT2D eigenvalue weighted by Gasteiger charge is 2.33. The monoisotopic (exact) mass is 276 g/mol. The molecule has 112 valence electrons. The predicted octanol–water partition coefficient (Wildman–Crippen LogP) is 4.51. The molecule has 1 aliphatic rings. The van der Waals surface area contributed by atoms with E-state index >= 15 is 0 Å². The van der Waals surface area contributed by atoms with Crippen LogP contribution in [0.5, 0.6) is 5.75 Å². The summed E-state index contributed by atoms with van der Waals surface area (Å²) >= 11 is 0. The average molecular weight is 276 g/mol. The molecular weight excluding hydrogens is 248 g/mol. The molecular formula is C18H28O2. The second-order valence-electron chi connectivity index (χ2n) is 6.42. The van der Waals surface area contributed by atoms with Crippen LogP contribution in [0.1, 0.15) is 58.4 Å². The van der Waals surface area contributed by atoms with Crippen molar-refractivity contribution in [2.45, 2.75) is 58.5 Å². The minimum atomic E-state index is -0.644. The Hall–Kier alpha value is -1.02. The van der Waals surface area contributed by atoms with E-state index in [9.17, 15) is 5.11 Å². The third-order valence-corrected chi connectivity index (χ3v) is 4.74. The lowest BCUT2D eigenvalue weighted by molar-refractivity contribution is 0.0191. The molecule has 2 heteroatoms. The third-order valence-electron chi connectivity index (χ3n) is 4.74. The predicted molar refractivity (Wildman–Crippen MR) is 82.9 cm³/mol. The molecule has 0 amide bonds. The van der Waals surface area contributed by atoms with E-state index in [-0.39, 0.29) is 0 Å². The van der Waals surface area contributed by atoms with Gasteiger partial charge in [-0.25, -0.2) is 0 Å². The summed E-state index contributed by atoms with van der Waals surface area (Å²) in [6, 6.07) is 8.00. The van der Waals surface area contributed by atoms with Crippen LogP contribution in [0.25, 0.3) is 0 Å². The van der Waals surface area contributed by atoms with E-state index in [0.717, 1.165) is 48.8 Å². The van der Waals surface area contributed by atoms with Crippen molar-refractivity contribution < 1.29 is 9.84 Å². The zero-order valence-corrected chi connectivity index (χ0v) is 13.1. The SMILES string of the molecule is CCOc1ccc(C2(O)CCCC(C(C)C)CC2)cc1. The van der Waals surface area contributed by atoms with E-state index in [1.807, 2.05) is 31.2 Å². The maximum Gasteiger partial charge on any atom is 0.119 e. The van der Waals surface area contributed by atoms with Crippen molar-refractivity contribution in [1.29, 1.82) is 0 Å². The highest BCUT2D eigenvalue weighted by molar-refractivity contribution is 5.31. The molecule has 1 saturated carbocycles. The summed E-state index contributed by atoms with van der Waals surface area (Å²) < 4.78 is 5.47. The van der Waals surface area contributed by atoms with Gasteiger partial charge in [0.2, 0.25) is 0 Å². The van der Waals surface area contributed by atoms with Crippen LogP contribution in [0.4, 0.5) is 0 Å². The molecule has 2 nitrogen and oxygen atoms in total. The second-order valence-corrected chi connectivity index (χ2v) is 6.42. The molecule has 2 unspecified atom stereocenters. The highest BCUT2D eigenvalue weighted by atomic mass is 16.5. The normalized spacial score (nSPS) is 27.4. The van der Waals surface area contributed by atoms with Gasteiger partial charge >= 0.3 is 0 Å². The fourth-order valence-corrected chi connectivity index (χ4v) is 3.33. The van der Waals surface area contributed by atoms with Gasteiger partial charge in [-0.15, -0.1) is 0 Å². The van der Waals surface area contributed by atoms with Crippen LogP contribution in [0.15, 0.2) is 24.3 Å². The topological polar surface area (TPSA) is 29.5 Å². The first-order valence-corrected chi connectivity index (χ1v) is 8.01. The van der Waals surface area contributed by atoms with Gasteiger partial charge in [0.15, 0.2) is 0 Å². The van der Waals surface area contributed by atoms with Crippen LogP contribution in [-0.4, -0.2) is 11.7 Å². The standard InChI is InChI=1S/C18H28O2/c1-4-20-17-9-7-16(8-10-17)18(19)12-5-6-15(11-13-18)14(2)3/h7-10,14-15,19H,4-6,11-13H2,1-3H3. The summed E-state index contributed by atoms with van der Waals surface area (Å²) in [5.41, 5.74) is 0.402. The first kappa shape index (κ1) is 15.4. The summed E-state index contributed by atoms with van der Waals surface area (Å²) in [6.07, 6.45) is 5.25. The molecule has 0 saturated heterocycles. The Morgan fingerprint density at radius 1 is 1.20 bits per heavy atom. The lowest BCUT2D eigenvalue weighted by Crippen LogP contribution is -2.24. The maximum absolute atomic E-state index is 11.0. The number of hydrogen-bond acceptors (Lipinski definition) is 2. The lowest BCUT2D eigenvalue weighted by Gasteiger charge is -2.28. The molecule has 0 aromatic heterocycles. The third kappa shape index (κ3) is 3.54. The van der Waals surface area contributed by atoms with Gasteiger partial charge in [0, 0.05) is 0 Å². The van der Waals surface area contributed by atoms with Gasteiger partial charge < -0.3 is 9.84 Å². The lowest BCUT2D eigenvalue weighted by atomic mass is 9.85. The summed E-state index contributed by atoms with van der Waals surface area (Å²) in [7, 11) is 0. The molecule has 2 atom stereocenters. The molecule has 2 rings (SSSR count). The van der Waals surface area contributed by atoms with E-state index in [0.29, 0.717) is 6.61 Å². The Bertz CT molecular complexity index is 410. The fraction of sp³-hybridized carbons (Fsp3) is 0.667. The molecule has 0 spiro atoms. The molecule has 1 fully saturated rings. The minimum Gasteiger partial charge on any atom is -0.494 e. The zero-order chi connectivity index (χ0) is 14.6. The Balaban J connectivity index is 2.09. The van der Waals surface area contributed by atoms with Crippen LogP contribution in [-0.2, 0) is 5.60 Å². The maximum atomic E-state index is 11.0. The van der Waals surface area contributed by atoms with Crippen LogP contribution < -0.4 is 4.74 Å². The quantitative estimate of drug-likeness (QED) is 0.820. The highest BCUT2D eigenvalue weighted by Crippen LogP contribution is 2.40. The van der Waals surface area contributed by atoms with Crippen LogP contribution in [0.3, 0.4) is 0 Å². The van der Waals surface area contributed by atoms with Crippen molar-refractivity contribution in [3.05, 3.63) is 29.8 Å². The summed E-state index contributed by atoms with van der Waals surface area (Å²) in [6.45, 7) is 7.26. The largest absolute Gasteiger partial charge is 0.494 e. The van der Waals surface area contributed by atoms with Gasteiger partial charge in [-0.05, 0) is 62.1 Å². The van der Waals surface area contributed by atoms with E-state index in [2.05, 4.69) is 13.8 Å². The summed E-state index contributed by atoms with van der Waals surface area (Å²) in [5.74, 6) is 2.36. The number of ether oxygens (including phenoxy) is 1. The van der Waals surface area contributed by atoms with Crippen molar-refractivity contribution in [1.82, 2.24) is 0 Å². The first-order chi connectivity index (χ1) is 9.55. The molecule has 0 bridgehead atoms. The first-order valence-electron chi connectivity index (χ1n) is 8.01. The van der Waals surface area contributed by atoms with Gasteiger partial charge in [0.25, 0.3) is 0 Å². The molecule has 1 aromatic rings. The van der Waals surface area contributed by atoms with Crippen molar-refractivity contribution in [2.75, 3.05) is 6.61 Å². The molecule has 1 aliphatic carbocycles. The van der Waals surface area contributed by atoms with Crippen LogP contribution in [0.2, 0.25) is 0 Å². The molecule has 1 aromatic carbocycles. The summed E-state index contributed by atoms with van der Waals surface area (Å²) in [4.78, 5) is 0. The van der Waals surface area contributed by atoms with E-state index in [1.54, 1.807) is 0 Å². The number of aliphatic hydroxyl groups is 1. The Kier molecular flexibility index (Phi) is 5.09. The minimum absolute atomic E-state index is 0.644. The Labute approximate surface area is 123 Å². The molecule has 20 heavy (non-hydrogen) atoms. The molecule has 0 aliphatic heterocycles. The summed E-state index contributed by atoms with van der Waals surface area (Å²) in [5, 5.41) is 11.0. The van der Waals surface area contributed by atoms with Gasteiger partial charge in [0.05, 0.1) is 12.2 Å². The Morgan fingerprint density at radius 2 is 1.90 bits per heavy atom. The second kappa shape index (κ2) is 6.62.